The molecule has 1 amide bonds. The Labute approximate surface area is 180 Å². The average Bonchev–Trinajstić information content (AvgIpc) is 3.19. The Morgan fingerprint density at radius 2 is 2.00 bits per heavy atom. The number of amides is 1. The second kappa shape index (κ2) is 10.2. The maximum absolute atomic E-state index is 13.3. The molecule has 6 nitrogen and oxygen atoms in total. The number of nitrogens with one attached hydrogen (secondary N) is 1. The number of hydrogen-bond acceptors (Lipinski definition) is 4. The van der Waals surface area contributed by atoms with Crippen molar-refractivity contribution in [2.75, 3.05) is 20.6 Å². The van der Waals surface area contributed by atoms with Crippen molar-refractivity contribution in [3.63, 3.8) is 0 Å². The van der Waals surface area contributed by atoms with Gasteiger partial charge in [0.05, 0.1) is 6.04 Å². The highest BCUT2D eigenvalue weighted by molar-refractivity contribution is 6.30. The smallest absolute Gasteiger partial charge is 0.272 e. The lowest BCUT2D eigenvalue weighted by Crippen LogP contribution is -2.31. The SMILES string of the molecule is CN(C)CCC(NC(=O)c1ccn(COc2cccc(Cl)c2)n1)c1ccc(F)cc1. The largest absolute Gasteiger partial charge is 0.471 e. The molecule has 8 heteroatoms. The molecule has 30 heavy (non-hydrogen) atoms. The van der Waals surface area contributed by atoms with Crippen molar-refractivity contribution >= 4 is 17.5 Å². The number of nitrogens with zero attached hydrogens (tertiary/aromatic N) is 3. The van der Waals surface area contributed by atoms with E-state index in [2.05, 4.69) is 10.4 Å². The van der Waals surface area contributed by atoms with Crippen LogP contribution in [0.15, 0.2) is 60.8 Å². The molecule has 158 valence electrons. The molecule has 1 aromatic heterocycles. The third-order valence-electron chi connectivity index (χ3n) is 4.48. The summed E-state index contributed by atoms with van der Waals surface area (Å²) >= 11 is 5.95. The molecule has 3 rings (SSSR count). The highest BCUT2D eigenvalue weighted by Crippen LogP contribution is 2.19. The van der Waals surface area contributed by atoms with Crippen LogP contribution in [0, 0.1) is 5.82 Å². The van der Waals surface area contributed by atoms with Crippen LogP contribution in [0.4, 0.5) is 4.39 Å². The Bertz CT molecular complexity index is 975. The topological polar surface area (TPSA) is 59.4 Å². The second-order valence-corrected chi connectivity index (χ2v) is 7.58. The van der Waals surface area contributed by atoms with Crippen LogP contribution >= 0.6 is 11.6 Å². The summed E-state index contributed by atoms with van der Waals surface area (Å²) in [5, 5.41) is 7.86. The quantitative estimate of drug-likeness (QED) is 0.554. The van der Waals surface area contributed by atoms with E-state index in [0.29, 0.717) is 17.2 Å². The van der Waals surface area contributed by atoms with E-state index in [9.17, 15) is 9.18 Å². The highest BCUT2D eigenvalue weighted by atomic mass is 35.5. The zero-order chi connectivity index (χ0) is 21.5. The van der Waals surface area contributed by atoms with Crippen LogP contribution in [0.5, 0.6) is 5.75 Å². The van der Waals surface area contributed by atoms with E-state index < -0.39 is 0 Å². The van der Waals surface area contributed by atoms with Crippen LogP contribution < -0.4 is 10.1 Å². The number of aromatic nitrogens is 2. The zero-order valence-corrected chi connectivity index (χ0v) is 17.6. The summed E-state index contributed by atoms with van der Waals surface area (Å²) in [5.74, 6) is 0.00327. The maximum atomic E-state index is 13.3. The molecule has 0 bridgehead atoms. The molecule has 0 saturated carbocycles. The first-order valence-electron chi connectivity index (χ1n) is 9.53. The zero-order valence-electron chi connectivity index (χ0n) is 16.9. The van der Waals surface area contributed by atoms with Gasteiger partial charge in [-0.1, -0.05) is 29.8 Å². The second-order valence-electron chi connectivity index (χ2n) is 7.14. The Balaban J connectivity index is 1.64. The van der Waals surface area contributed by atoms with Gasteiger partial charge >= 0.3 is 0 Å². The lowest BCUT2D eigenvalue weighted by molar-refractivity contribution is 0.0925. The predicted octanol–water partition coefficient (Wildman–Crippen LogP) is 4.13. The molecule has 0 aliphatic rings. The maximum Gasteiger partial charge on any atom is 0.272 e. The summed E-state index contributed by atoms with van der Waals surface area (Å²) in [7, 11) is 3.93. The Kier molecular flexibility index (Phi) is 7.43. The Morgan fingerprint density at radius 1 is 1.23 bits per heavy atom. The standard InChI is InChI=1S/C22H24ClFN4O2/c1-27(2)12-10-20(16-6-8-18(24)9-7-16)25-22(29)21-11-13-28(26-21)15-30-19-5-3-4-17(23)14-19/h3-9,11,13-14,20H,10,12,15H2,1-2H3,(H,25,29). The number of rotatable bonds is 9. The van der Waals surface area contributed by atoms with E-state index in [-0.39, 0.29) is 30.2 Å². The summed E-state index contributed by atoms with van der Waals surface area (Å²) in [6, 6.07) is 14.6. The molecule has 0 radical (unpaired) electrons. The van der Waals surface area contributed by atoms with Gasteiger partial charge in [0.15, 0.2) is 6.73 Å². The number of carbonyl (C=O) groups excluding carboxylic acids is 1. The summed E-state index contributed by atoms with van der Waals surface area (Å²) < 4.78 is 20.5. The molecule has 0 aliphatic carbocycles. The van der Waals surface area contributed by atoms with Gasteiger partial charge in [0.2, 0.25) is 0 Å². The van der Waals surface area contributed by atoms with Crippen LogP contribution in [-0.4, -0.2) is 41.2 Å². The predicted molar refractivity (Wildman–Crippen MR) is 114 cm³/mol. The first-order valence-corrected chi connectivity index (χ1v) is 9.91. The first kappa shape index (κ1) is 21.8. The van der Waals surface area contributed by atoms with Gasteiger partial charge in [0, 0.05) is 11.2 Å². The fourth-order valence-corrected chi connectivity index (χ4v) is 3.07. The molecule has 1 atom stereocenters. The lowest BCUT2D eigenvalue weighted by Gasteiger charge is -2.21. The molecule has 1 N–H and O–H groups in total. The van der Waals surface area contributed by atoms with E-state index in [1.807, 2.05) is 19.0 Å². The summed E-state index contributed by atoms with van der Waals surface area (Å²) in [4.78, 5) is 14.8. The number of halogens is 2. The van der Waals surface area contributed by atoms with Crippen molar-refractivity contribution < 1.29 is 13.9 Å². The molecular weight excluding hydrogens is 407 g/mol. The van der Waals surface area contributed by atoms with E-state index in [1.54, 1.807) is 48.7 Å². The Hall–Kier alpha value is -2.90. The third kappa shape index (κ3) is 6.30. The van der Waals surface area contributed by atoms with Crippen molar-refractivity contribution in [1.29, 1.82) is 0 Å². The summed E-state index contributed by atoms with van der Waals surface area (Å²) in [6.07, 6.45) is 2.36. The third-order valence-corrected chi connectivity index (χ3v) is 4.71. The van der Waals surface area contributed by atoms with Crippen LogP contribution in [-0.2, 0) is 6.73 Å². The van der Waals surface area contributed by atoms with Crippen LogP contribution in [0.3, 0.4) is 0 Å². The van der Waals surface area contributed by atoms with Gasteiger partial charge in [0.25, 0.3) is 5.91 Å². The lowest BCUT2D eigenvalue weighted by atomic mass is 10.0. The number of benzene rings is 2. The van der Waals surface area contributed by atoms with Gasteiger partial charge in [-0.25, -0.2) is 9.07 Å². The van der Waals surface area contributed by atoms with Gasteiger partial charge in [0.1, 0.15) is 17.3 Å². The van der Waals surface area contributed by atoms with Gasteiger partial charge in [-0.05, 0) is 69.0 Å². The molecule has 0 spiro atoms. The molecule has 0 saturated heterocycles. The number of carbonyl (C=O) groups is 1. The van der Waals surface area contributed by atoms with Crippen molar-refractivity contribution in [3.05, 3.63) is 82.9 Å². The van der Waals surface area contributed by atoms with Crippen molar-refractivity contribution in [3.8, 4) is 5.75 Å². The van der Waals surface area contributed by atoms with Gasteiger partial charge in [-0.2, -0.15) is 5.10 Å². The van der Waals surface area contributed by atoms with Gasteiger partial charge in [-0.3, -0.25) is 4.79 Å². The van der Waals surface area contributed by atoms with E-state index in [0.717, 1.165) is 12.1 Å². The number of hydrogen-bond donors (Lipinski definition) is 1. The fourth-order valence-electron chi connectivity index (χ4n) is 2.89. The summed E-state index contributed by atoms with van der Waals surface area (Å²) in [6.45, 7) is 0.917. The minimum Gasteiger partial charge on any atom is -0.471 e. The van der Waals surface area contributed by atoms with Crippen molar-refractivity contribution in [1.82, 2.24) is 20.0 Å². The highest BCUT2D eigenvalue weighted by Gasteiger charge is 2.18. The van der Waals surface area contributed by atoms with Crippen LogP contribution in [0.2, 0.25) is 5.02 Å². The normalized spacial score (nSPS) is 12.0. The van der Waals surface area contributed by atoms with Crippen molar-refractivity contribution in [2.24, 2.45) is 0 Å². The number of ether oxygens (including phenoxy) is 1. The molecule has 1 heterocycles. The molecule has 3 aromatic rings. The van der Waals surface area contributed by atoms with Crippen LogP contribution in [0.1, 0.15) is 28.5 Å². The minimum atomic E-state index is -0.310. The van der Waals surface area contributed by atoms with E-state index >= 15 is 0 Å². The van der Waals surface area contributed by atoms with Gasteiger partial charge < -0.3 is 15.0 Å². The van der Waals surface area contributed by atoms with Crippen molar-refractivity contribution in [2.45, 2.75) is 19.2 Å². The summed E-state index contributed by atoms with van der Waals surface area (Å²) in [5.41, 5.74) is 1.12. The molecule has 2 aromatic carbocycles. The van der Waals surface area contributed by atoms with Gasteiger partial charge in [-0.15, -0.1) is 0 Å². The molecule has 0 fully saturated rings. The average molecular weight is 431 g/mol. The van der Waals surface area contributed by atoms with E-state index in [1.165, 1.54) is 16.8 Å². The minimum absolute atomic E-state index is 0.148. The first-order chi connectivity index (χ1) is 14.4. The molecular formula is C22H24ClFN4O2. The van der Waals surface area contributed by atoms with E-state index in [4.69, 9.17) is 16.3 Å². The molecule has 1 unspecified atom stereocenters. The molecule has 0 aliphatic heterocycles. The van der Waals surface area contributed by atoms with Crippen LogP contribution in [0.25, 0.3) is 0 Å². The monoisotopic (exact) mass is 430 g/mol. The fraction of sp³-hybridized carbons (Fsp3) is 0.273. The Morgan fingerprint density at radius 3 is 2.70 bits per heavy atom.